The first-order valence-corrected chi connectivity index (χ1v) is 8.44. The van der Waals surface area contributed by atoms with E-state index in [1.165, 1.54) is 11.8 Å². The summed E-state index contributed by atoms with van der Waals surface area (Å²) >= 11 is 1.37. The molecule has 2 heterocycles. The van der Waals surface area contributed by atoms with Gasteiger partial charge in [-0.1, -0.05) is 54.2 Å². The van der Waals surface area contributed by atoms with Crippen LogP contribution in [0.3, 0.4) is 0 Å². The summed E-state index contributed by atoms with van der Waals surface area (Å²) in [5.74, 6) is 1.04. The maximum Gasteiger partial charge on any atom is 0.192 e. The van der Waals surface area contributed by atoms with Crippen molar-refractivity contribution in [1.29, 1.82) is 0 Å². The molecule has 0 aliphatic heterocycles. The van der Waals surface area contributed by atoms with E-state index in [0.29, 0.717) is 28.8 Å². The summed E-state index contributed by atoms with van der Waals surface area (Å²) < 4.78 is 1.91. The molecule has 0 spiro atoms. The Morgan fingerprint density at radius 2 is 1.92 bits per heavy atom. The van der Waals surface area contributed by atoms with Crippen LogP contribution in [0.5, 0.6) is 0 Å². The summed E-state index contributed by atoms with van der Waals surface area (Å²) in [6, 6.07) is 14.9. The molecule has 0 bridgehead atoms. The van der Waals surface area contributed by atoms with Gasteiger partial charge in [-0.3, -0.25) is 14.3 Å². The fraction of sp³-hybridized carbons (Fsp3) is 0.111. The number of Topliss-reactive ketones (excluding diaryl/α,β-unsaturated/α-hetero) is 1. The molecule has 6 heteroatoms. The third-order valence-corrected chi connectivity index (χ3v) is 4.32. The quantitative estimate of drug-likeness (QED) is 0.375. The van der Waals surface area contributed by atoms with Gasteiger partial charge in [-0.05, 0) is 12.1 Å². The minimum absolute atomic E-state index is 0.0631. The van der Waals surface area contributed by atoms with Gasteiger partial charge in [0.1, 0.15) is 5.69 Å². The summed E-state index contributed by atoms with van der Waals surface area (Å²) in [5, 5.41) is 9.12. The highest BCUT2D eigenvalue weighted by molar-refractivity contribution is 7.99. The average molecular weight is 336 g/mol. The van der Waals surface area contributed by atoms with Gasteiger partial charge in [-0.2, -0.15) is 0 Å². The van der Waals surface area contributed by atoms with Crippen LogP contribution < -0.4 is 0 Å². The predicted molar refractivity (Wildman–Crippen MR) is 94.9 cm³/mol. The van der Waals surface area contributed by atoms with Gasteiger partial charge in [-0.25, -0.2) is 0 Å². The number of allylic oxidation sites excluding steroid dienone is 1. The van der Waals surface area contributed by atoms with Gasteiger partial charge in [0.05, 0.1) is 5.75 Å². The van der Waals surface area contributed by atoms with Crippen molar-refractivity contribution >= 4 is 17.5 Å². The average Bonchev–Trinajstić information content (AvgIpc) is 3.04. The van der Waals surface area contributed by atoms with E-state index in [4.69, 9.17) is 0 Å². The molecule has 0 atom stereocenters. The number of carbonyl (C=O) groups excluding carboxylic acids is 1. The zero-order chi connectivity index (χ0) is 16.8. The van der Waals surface area contributed by atoms with Crippen LogP contribution in [-0.4, -0.2) is 31.3 Å². The predicted octanol–water partition coefficient (Wildman–Crippen LogP) is 3.50. The number of ketones is 1. The molecule has 5 nitrogen and oxygen atoms in total. The topological polar surface area (TPSA) is 60.7 Å². The molecule has 0 N–H and O–H groups in total. The lowest BCUT2D eigenvalue weighted by atomic mass is 10.2. The molecular weight excluding hydrogens is 320 g/mol. The Kier molecular flexibility index (Phi) is 5.18. The SMILES string of the molecule is C=CCn1c(SCC(=O)c2ccccc2)nnc1-c1ccccn1. The first-order chi connectivity index (χ1) is 11.8. The van der Waals surface area contributed by atoms with Crippen LogP contribution in [0.15, 0.2) is 72.5 Å². The van der Waals surface area contributed by atoms with Crippen LogP contribution in [0.2, 0.25) is 0 Å². The van der Waals surface area contributed by atoms with E-state index in [9.17, 15) is 4.79 Å². The Hall–Kier alpha value is -2.73. The minimum Gasteiger partial charge on any atom is -0.297 e. The summed E-state index contributed by atoms with van der Waals surface area (Å²) in [6.45, 7) is 4.34. The first-order valence-electron chi connectivity index (χ1n) is 7.46. The van der Waals surface area contributed by atoms with E-state index in [-0.39, 0.29) is 5.78 Å². The highest BCUT2D eigenvalue weighted by atomic mass is 32.2. The first kappa shape index (κ1) is 16.1. The number of hydrogen-bond donors (Lipinski definition) is 0. The third-order valence-electron chi connectivity index (χ3n) is 3.35. The Bertz CT molecular complexity index is 831. The van der Waals surface area contributed by atoms with Crippen molar-refractivity contribution in [2.45, 2.75) is 11.7 Å². The summed E-state index contributed by atoms with van der Waals surface area (Å²) in [7, 11) is 0. The fourth-order valence-electron chi connectivity index (χ4n) is 2.21. The molecule has 24 heavy (non-hydrogen) atoms. The molecule has 0 aliphatic rings. The highest BCUT2D eigenvalue weighted by Crippen LogP contribution is 2.23. The second kappa shape index (κ2) is 7.70. The number of pyridine rings is 1. The Morgan fingerprint density at radius 3 is 2.62 bits per heavy atom. The normalized spacial score (nSPS) is 10.5. The summed E-state index contributed by atoms with van der Waals surface area (Å²) in [5.41, 5.74) is 1.44. The number of thioether (sulfide) groups is 1. The number of rotatable bonds is 7. The van der Waals surface area contributed by atoms with Crippen molar-refractivity contribution in [1.82, 2.24) is 19.7 Å². The van der Waals surface area contributed by atoms with Crippen LogP contribution in [0, 0.1) is 0 Å². The standard InChI is InChI=1S/C18H16N4OS/c1-2-12-22-17(15-10-6-7-11-19-15)20-21-18(22)24-13-16(23)14-8-4-3-5-9-14/h2-11H,1,12-13H2. The van der Waals surface area contributed by atoms with Crippen LogP contribution in [-0.2, 0) is 6.54 Å². The summed E-state index contributed by atoms with van der Waals surface area (Å²) in [6.07, 6.45) is 3.49. The van der Waals surface area contributed by atoms with E-state index in [0.717, 1.165) is 5.69 Å². The molecule has 0 radical (unpaired) electrons. The maximum absolute atomic E-state index is 12.3. The van der Waals surface area contributed by atoms with Crippen molar-refractivity contribution in [3.05, 3.63) is 72.9 Å². The van der Waals surface area contributed by atoms with Gasteiger partial charge < -0.3 is 0 Å². The van der Waals surface area contributed by atoms with E-state index in [2.05, 4.69) is 21.8 Å². The molecule has 0 saturated heterocycles. The molecular formula is C18H16N4OS. The van der Waals surface area contributed by atoms with Crippen molar-refractivity contribution in [2.75, 3.05) is 5.75 Å². The van der Waals surface area contributed by atoms with E-state index in [1.807, 2.05) is 53.1 Å². The monoisotopic (exact) mass is 336 g/mol. The second-order valence-electron chi connectivity index (χ2n) is 5.00. The lowest BCUT2D eigenvalue weighted by molar-refractivity contribution is 0.102. The number of hydrogen-bond acceptors (Lipinski definition) is 5. The van der Waals surface area contributed by atoms with E-state index < -0.39 is 0 Å². The molecule has 120 valence electrons. The number of benzene rings is 1. The van der Waals surface area contributed by atoms with Gasteiger partial charge in [-0.15, -0.1) is 16.8 Å². The molecule has 0 aliphatic carbocycles. The number of aromatic nitrogens is 4. The Morgan fingerprint density at radius 1 is 1.12 bits per heavy atom. The van der Waals surface area contributed by atoms with Crippen molar-refractivity contribution in [2.24, 2.45) is 0 Å². The van der Waals surface area contributed by atoms with Crippen LogP contribution >= 0.6 is 11.8 Å². The zero-order valence-electron chi connectivity index (χ0n) is 13.0. The third kappa shape index (κ3) is 3.60. The highest BCUT2D eigenvalue weighted by Gasteiger charge is 2.16. The van der Waals surface area contributed by atoms with Crippen molar-refractivity contribution in [3.63, 3.8) is 0 Å². The molecule has 3 rings (SSSR count). The second-order valence-corrected chi connectivity index (χ2v) is 5.94. The van der Waals surface area contributed by atoms with E-state index in [1.54, 1.807) is 12.3 Å². The maximum atomic E-state index is 12.3. The van der Waals surface area contributed by atoms with Crippen LogP contribution in [0.4, 0.5) is 0 Å². The van der Waals surface area contributed by atoms with Gasteiger partial charge in [0.15, 0.2) is 16.8 Å². The fourth-order valence-corrected chi connectivity index (χ4v) is 3.05. The molecule has 0 saturated carbocycles. The lowest BCUT2D eigenvalue weighted by Gasteiger charge is -2.07. The van der Waals surface area contributed by atoms with Crippen LogP contribution in [0.1, 0.15) is 10.4 Å². The molecule has 0 unspecified atom stereocenters. The number of nitrogens with zero attached hydrogens (tertiary/aromatic N) is 4. The lowest BCUT2D eigenvalue weighted by Crippen LogP contribution is -2.05. The largest absolute Gasteiger partial charge is 0.297 e. The van der Waals surface area contributed by atoms with Crippen molar-refractivity contribution in [3.8, 4) is 11.5 Å². The van der Waals surface area contributed by atoms with Gasteiger partial charge in [0, 0.05) is 18.3 Å². The number of carbonyl (C=O) groups is 1. The Balaban J connectivity index is 1.80. The zero-order valence-corrected chi connectivity index (χ0v) is 13.8. The molecule has 0 fully saturated rings. The van der Waals surface area contributed by atoms with E-state index >= 15 is 0 Å². The van der Waals surface area contributed by atoms with Gasteiger partial charge in [0.2, 0.25) is 0 Å². The molecule has 2 aromatic heterocycles. The molecule has 1 aromatic carbocycles. The Labute approximate surface area is 144 Å². The summed E-state index contributed by atoms with van der Waals surface area (Å²) in [4.78, 5) is 16.6. The molecule has 0 amide bonds. The van der Waals surface area contributed by atoms with Crippen molar-refractivity contribution < 1.29 is 4.79 Å². The van der Waals surface area contributed by atoms with Crippen LogP contribution in [0.25, 0.3) is 11.5 Å². The minimum atomic E-state index is 0.0631. The molecule has 3 aromatic rings. The van der Waals surface area contributed by atoms with Gasteiger partial charge in [0.25, 0.3) is 0 Å². The van der Waals surface area contributed by atoms with Gasteiger partial charge >= 0.3 is 0 Å². The smallest absolute Gasteiger partial charge is 0.192 e.